The number of benzene rings is 2. The Morgan fingerprint density at radius 1 is 0.775 bits per heavy atom. The molecule has 10 rings (SSSR count). The summed E-state index contributed by atoms with van der Waals surface area (Å²) in [5, 5.41) is 19.9. The van der Waals surface area contributed by atoms with Crippen molar-refractivity contribution in [1.29, 1.82) is 0 Å². The van der Waals surface area contributed by atoms with Gasteiger partial charge in [-0.05, 0) is 124 Å². The zero-order chi connectivity index (χ0) is 49.8. The minimum atomic E-state index is -1.40. The van der Waals surface area contributed by atoms with E-state index in [0.717, 1.165) is 81.1 Å². The first-order valence-corrected chi connectivity index (χ1v) is 24.4. The normalized spacial score (nSPS) is 20.9. The van der Waals surface area contributed by atoms with E-state index in [1.807, 2.05) is 71.0 Å². The molecule has 15 nitrogen and oxygen atoms in total. The Morgan fingerprint density at radius 2 is 1.24 bits per heavy atom. The molecule has 2 saturated carbocycles. The molecule has 4 aliphatic carbocycles. The summed E-state index contributed by atoms with van der Waals surface area (Å²) in [5.41, 5.74) is 8.14. The van der Waals surface area contributed by atoms with Crippen molar-refractivity contribution >= 4 is 41.8 Å². The molecule has 0 radical (unpaired) electrons. The number of alkyl halides is 3. The predicted molar refractivity (Wildman–Crippen MR) is 250 cm³/mol. The van der Waals surface area contributed by atoms with Gasteiger partial charge < -0.3 is 30.8 Å². The van der Waals surface area contributed by atoms with Crippen molar-refractivity contribution in [2.24, 2.45) is 11.8 Å². The van der Waals surface area contributed by atoms with Crippen LogP contribution in [0.5, 0.6) is 0 Å². The minimum absolute atomic E-state index is 0. The van der Waals surface area contributed by atoms with E-state index in [4.69, 9.17) is 31.1 Å². The number of H-pyrrole nitrogens is 1. The zero-order valence-corrected chi connectivity index (χ0v) is 55.5. The number of nitrogens with zero attached hydrogens (tertiary/aromatic N) is 5. The van der Waals surface area contributed by atoms with Crippen LogP contribution in [0.15, 0.2) is 36.4 Å². The van der Waals surface area contributed by atoms with Crippen LogP contribution < -0.4 is 143 Å². The molecule has 2 aromatic carbocycles. The van der Waals surface area contributed by atoms with Gasteiger partial charge in [0.2, 0.25) is 11.8 Å². The fourth-order valence-corrected chi connectivity index (χ4v) is 10.8. The third-order valence-electron chi connectivity index (χ3n) is 14.9. The van der Waals surface area contributed by atoms with Crippen LogP contribution in [-0.2, 0) is 59.5 Å². The van der Waals surface area contributed by atoms with Crippen LogP contribution in [0.1, 0.15) is 143 Å². The topological polar surface area (TPSA) is 189 Å². The number of nitrogens with one attached hydrogen (secondary N) is 1. The Morgan fingerprint density at radius 3 is 1.72 bits per heavy atom. The second-order valence-electron chi connectivity index (χ2n) is 18.9. The van der Waals surface area contributed by atoms with Gasteiger partial charge in [-0.25, -0.2) is 18.4 Å². The molecule has 2 aliphatic heterocycles. The maximum atomic E-state index is 15.8. The number of aromatic amines is 1. The van der Waals surface area contributed by atoms with Crippen LogP contribution in [0, 0.1) is 39.5 Å². The fourth-order valence-electron chi connectivity index (χ4n) is 10.6. The molecule has 71 heavy (non-hydrogen) atoms. The number of ether oxygens (including phenoxy) is 2. The number of likely N-dealkylation sites (tertiary alicyclic amines) is 2. The first kappa shape index (κ1) is 60.3. The van der Waals surface area contributed by atoms with Crippen LogP contribution in [0.2, 0.25) is 0 Å². The molecule has 0 unspecified atom stereocenters. The molecule has 374 valence electrons. The summed E-state index contributed by atoms with van der Waals surface area (Å²) in [4.78, 5) is 63.1. The van der Waals surface area contributed by atoms with Crippen LogP contribution in [0.4, 0.5) is 8.78 Å². The number of aryl methyl sites for hydroxylation is 2. The molecule has 1 N–H and O–H groups in total. The van der Waals surface area contributed by atoms with E-state index >= 15 is 8.78 Å². The number of amides is 2. The second-order valence-corrected chi connectivity index (χ2v) is 19.2. The molecule has 2 saturated heterocycles. The number of rotatable bonds is 10. The number of carbonyl (C=O) groups is 5. The Labute approximate surface area is 538 Å². The summed E-state index contributed by atoms with van der Waals surface area (Å²) >= 11 is 5.53. The second kappa shape index (κ2) is 26.5. The van der Waals surface area contributed by atoms with Gasteiger partial charge in [0, 0.05) is 74.4 Å². The summed E-state index contributed by atoms with van der Waals surface area (Å²) in [7, 11) is 0. The third-order valence-corrected chi connectivity index (χ3v) is 15.1. The third kappa shape index (κ3) is 13.7. The Kier molecular flexibility index (Phi) is 22.5. The number of esters is 2. The van der Waals surface area contributed by atoms with E-state index in [2.05, 4.69) is 20.2 Å². The van der Waals surface area contributed by atoms with Gasteiger partial charge in [-0.2, -0.15) is 10.2 Å². The first-order valence-electron chi connectivity index (χ1n) is 23.9. The standard InChI is InChI=1S/C25H30FN3O3.C15H19ClFNO.C10H12N2O2.CH2O3.2Cs.H/c1-4-32-24(31)23-22-18-12-17(18)13-20(22)29(27-23)14-21(30)28-10-8-25(26,9-11-28)19-7-5-6-15(2)16(19)3;1-11-4-3-5-13(12(11)2)15(17)6-8-18(9-7-15)14(19)10-16;1-2-14-10(13)9-8-6-3-5(6)4-7(8)11-12-9;2-1-4-3;;;/h5-7,17-18H,4,8-14H2,1-3H3;3-5H,6-10H2,1-2H3;5-6H,2-4H2,1H3,(H,11,12);1,3H;;;/q;;;;2*+1;-1/p-1/t17-,18-;;5-,6-;;;;/m1.1..../s1. The van der Waals surface area contributed by atoms with Gasteiger partial charge in [-0.1, -0.05) is 36.4 Å². The monoisotopic (exact) mass is 1240 g/mol. The van der Waals surface area contributed by atoms with E-state index in [-0.39, 0.29) is 176 Å². The summed E-state index contributed by atoms with van der Waals surface area (Å²) in [6.45, 7) is 13.8. The van der Waals surface area contributed by atoms with Crippen molar-refractivity contribution in [3.05, 3.63) is 104 Å². The molecule has 4 fully saturated rings. The Hall–Kier alpha value is -1.58. The molecular weight excluding hydrogens is 1180 g/mol. The zero-order valence-electron chi connectivity index (χ0n) is 43.2. The van der Waals surface area contributed by atoms with E-state index in [1.165, 1.54) is 6.42 Å². The predicted octanol–water partition coefficient (Wildman–Crippen LogP) is 0.954. The van der Waals surface area contributed by atoms with Gasteiger partial charge in [-0.3, -0.25) is 24.2 Å². The van der Waals surface area contributed by atoms with E-state index in [0.29, 0.717) is 94.2 Å². The summed E-state index contributed by atoms with van der Waals surface area (Å²) in [6, 6.07) is 11.5. The quantitative estimate of drug-likeness (QED) is 0.0784. The minimum Gasteiger partial charge on any atom is -1.00 e. The van der Waals surface area contributed by atoms with Crippen molar-refractivity contribution in [3.63, 3.8) is 0 Å². The molecule has 4 atom stereocenters. The SMILES string of the molecule is CCOC(=O)c1n[nH]c2c1[C@@H]1C[C@@H]1C2.CCOC(=O)c1nn(CC(=O)N2CCC(F)(c3cccc(C)c3C)CC2)c2c1[C@@H]1C[C@@H]1C2.Cc1cccc(C2(F)CCN(C(=O)CCl)CC2)c1C.O=CO[O-].[Cs+].[Cs+].[H-]. The van der Waals surface area contributed by atoms with Crippen molar-refractivity contribution in [1.82, 2.24) is 29.8 Å². The van der Waals surface area contributed by atoms with Crippen LogP contribution >= 0.6 is 11.6 Å². The average Bonchev–Trinajstić information content (AvgIpc) is 4.06. The molecular formula is C51H63ClCs2F2N6O9. The molecule has 4 heterocycles. The van der Waals surface area contributed by atoms with Crippen molar-refractivity contribution in [2.75, 3.05) is 45.3 Å². The van der Waals surface area contributed by atoms with E-state index in [1.54, 1.807) is 21.4 Å². The van der Waals surface area contributed by atoms with Gasteiger partial charge >= 0.3 is 150 Å². The Balaban J connectivity index is 0.000000240. The molecule has 2 aromatic heterocycles. The molecule has 6 aliphatic rings. The molecule has 2 amide bonds. The number of aromatic nitrogens is 4. The van der Waals surface area contributed by atoms with Crippen LogP contribution in [0.25, 0.3) is 0 Å². The number of piperidine rings is 2. The number of carbonyl (C=O) groups excluding carboxylic acids is 5. The largest absolute Gasteiger partial charge is 1.00 e. The average molecular weight is 1240 g/mol. The summed E-state index contributed by atoms with van der Waals surface area (Å²) in [5.74, 6) is 1.41. The molecule has 0 bridgehead atoms. The molecule has 20 heteroatoms. The fraction of sp³-hybridized carbons (Fsp3) is 0.549. The number of fused-ring (bicyclic) bond motifs is 6. The van der Waals surface area contributed by atoms with Gasteiger partial charge in [-0.15, -0.1) is 11.6 Å². The number of hydrogen-bond donors (Lipinski definition) is 1. The van der Waals surface area contributed by atoms with Crippen molar-refractivity contribution in [3.8, 4) is 0 Å². The van der Waals surface area contributed by atoms with Gasteiger partial charge in [0.15, 0.2) is 11.4 Å². The summed E-state index contributed by atoms with van der Waals surface area (Å²) in [6.07, 6.45) is 5.50. The first-order chi connectivity index (χ1) is 33.0. The van der Waals surface area contributed by atoms with Crippen LogP contribution in [-0.4, -0.2) is 105 Å². The molecule has 4 aromatic rings. The van der Waals surface area contributed by atoms with E-state index < -0.39 is 17.3 Å². The number of halogens is 3. The smallest absolute Gasteiger partial charge is 1.00 e. The number of hydrogen-bond acceptors (Lipinski definition) is 11. The van der Waals surface area contributed by atoms with Crippen LogP contribution in [0.3, 0.4) is 0 Å². The molecule has 0 spiro atoms. The van der Waals surface area contributed by atoms with Crippen molar-refractivity contribution in [2.45, 2.75) is 123 Å². The van der Waals surface area contributed by atoms with Crippen molar-refractivity contribution < 1.29 is 192 Å². The van der Waals surface area contributed by atoms with Gasteiger partial charge in [0.25, 0.3) is 6.47 Å². The maximum Gasteiger partial charge on any atom is 1.00 e. The maximum absolute atomic E-state index is 15.8. The van der Waals surface area contributed by atoms with Gasteiger partial charge in [0.05, 0.1) is 13.2 Å². The Bertz CT molecular complexity index is 2570. The van der Waals surface area contributed by atoms with E-state index in [9.17, 15) is 19.2 Å². The van der Waals surface area contributed by atoms with Gasteiger partial charge in [0.1, 0.15) is 23.8 Å². The summed E-state index contributed by atoms with van der Waals surface area (Å²) < 4.78 is 42.7.